The monoisotopic (exact) mass is 507 g/mol. The van der Waals surface area contributed by atoms with Crippen LogP contribution >= 0.6 is 24.0 Å². The summed E-state index contributed by atoms with van der Waals surface area (Å²) >= 11 is 0. The van der Waals surface area contributed by atoms with Gasteiger partial charge in [0.1, 0.15) is 0 Å². The van der Waals surface area contributed by atoms with E-state index in [0.717, 1.165) is 49.8 Å². The number of hydrogen-bond acceptors (Lipinski definition) is 5. The van der Waals surface area contributed by atoms with Crippen molar-refractivity contribution in [1.82, 2.24) is 5.32 Å². The highest BCUT2D eigenvalue weighted by Crippen LogP contribution is 2.30. The van der Waals surface area contributed by atoms with Crippen LogP contribution in [0.3, 0.4) is 0 Å². The van der Waals surface area contributed by atoms with E-state index in [2.05, 4.69) is 15.6 Å². The molecule has 2 N–H and O–H groups in total. The number of guanidine groups is 1. The van der Waals surface area contributed by atoms with Gasteiger partial charge < -0.3 is 29.6 Å². The van der Waals surface area contributed by atoms with Crippen LogP contribution in [0.2, 0.25) is 0 Å². The normalized spacial score (nSPS) is 16.4. The van der Waals surface area contributed by atoms with Crippen molar-refractivity contribution in [3.8, 4) is 11.5 Å². The molecular formula is C20H34IN3O4. The van der Waals surface area contributed by atoms with Gasteiger partial charge in [0.2, 0.25) is 0 Å². The molecule has 8 heteroatoms. The molecule has 1 aromatic rings. The van der Waals surface area contributed by atoms with Gasteiger partial charge in [0.05, 0.1) is 26.4 Å². The average molecular weight is 507 g/mol. The molecule has 1 heterocycles. The van der Waals surface area contributed by atoms with E-state index in [0.29, 0.717) is 32.1 Å². The summed E-state index contributed by atoms with van der Waals surface area (Å²) in [6.07, 6.45) is 3.41. The predicted octanol–water partition coefficient (Wildman–Crippen LogP) is 3.68. The maximum Gasteiger partial charge on any atom is 0.195 e. The Morgan fingerprint density at radius 3 is 2.82 bits per heavy atom. The van der Waals surface area contributed by atoms with E-state index in [9.17, 15) is 0 Å². The Kier molecular flexibility index (Phi) is 13.0. The van der Waals surface area contributed by atoms with Crippen molar-refractivity contribution in [3.63, 3.8) is 0 Å². The van der Waals surface area contributed by atoms with E-state index in [-0.39, 0.29) is 30.1 Å². The number of ether oxygens (including phenoxy) is 4. The third-order valence-corrected chi connectivity index (χ3v) is 4.11. The SMILES string of the molecule is CCNC(=NCCCOCC1CCCO1)Nc1ccc(OCC)c(OC)c1.I. The lowest BCUT2D eigenvalue weighted by atomic mass is 10.2. The van der Waals surface area contributed by atoms with Gasteiger partial charge in [0, 0.05) is 38.1 Å². The highest BCUT2D eigenvalue weighted by atomic mass is 127. The van der Waals surface area contributed by atoms with Crippen molar-refractivity contribution in [1.29, 1.82) is 0 Å². The molecule has 0 radical (unpaired) electrons. The zero-order chi connectivity index (χ0) is 19.3. The summed E-state index contributed by atoms with van der Waals surface area (Å²) in [6, 6.07) is 5.75. The maximum absolute atomic E-state index is 5.68. The minimum absolute atomic E-state index is 0. The Balaban J connectivity index is 0.00000392. The van der Waals surface area contributed by atoms with Gasteiger partial charge in [-0.3, -0.25) is 4.99 Å². The summed E-state index contributed by atoms with van der Waals surface area (Å²) in [7, 11) is 1.64. The molecule has 1 aromatic carbocycles. The second kappa shape index (κ2) is 14.7. The van der Waals surface area contributed by atoms with Crippen LogP contribution in [0, 0.1) is 0 Å². The number of anilines is 1. The number of nitrogens with zero attached hydrogens (tertiary/aromatic N) is 1. The van der Waals surface area contributed by atoms with Crippen LogP contribution in [0.1, 0.15) is 33.1 Å². The zero-order valence-corrected chi connectivity index (χ0v) is 19.5. The van der Waals surface area contributed by atoms with Gasteiger partial charge in [-0.2, -0.15) is 0 Å². The van der Waals surface area contributed by atoms with E-state index in [1.54, 1.807) is 7.11 Å². The number of methoxy groups -OCH3 is 1. The second-order valence-corrected chi connectivity index (χ2v) is 6.25. The summed E-state index contributed by atoms with van der Waals surface area (Å²) in [6.45, 7) is 8.32. The molecule has 1 atom stereocenters. The molecule has 160 valence electrons. The summed E-state index contributed by atoms with van der Waals surface area (Å²) in [4.78, 5) is 4.60. The fourth-order valence-electron chi connectivity index (χ4n) is 2.81. The van der Waals surface area contributed by atoms with Crippen LogP contribution < -0.4 is 20.1 Å². The van der Waals surface area contributed by atoms with Crippen LogP contribution in [0.25, 0.3) is 0 Å². The highest BCUT2D eigenvalue weighted by Gasteiger charge is 2.14. The predicted molar refractivity (Wildman–Crippen MR) is 124 cm³/mol. The van der Waals surface area contributed by atoms with Crippen LogP contribution in [-0.2, 0) is 9.47 Å². The van der Waals surface area contributed by atoms with Gasteiger partial charge in [0.25, 0.3) is 0 Å². The lowest BCUT2D eigenvalue weighted by molar-refractivity contribution is 0.0171. The molecule has 1 aliphatic rings. The molecule has 0 amide bonds. The van der Waals surface area contributed by atoms with E-state index in [1.165, 1.54) is 0 Å². The number of halogens is 1. The fourth-order valence-corrected chi connectivity index (χ4v) is 2.81. The molecule has 0 saturated carbocycles. The molecule has 1 aliphatic heterocycles. The minimum atomic E-state index is 0. The van der Waals surface area contributed by atoms with Crippen LogP contribution in [0.5, 0.6) is 11.5 Å². The van der Waals surface area contributed by atoms with Crippen molar-refractivity contribution in [2.75, 3.05) is 51.9 Å². The molecule has 0 aliphatic carbocycles. The van der Waals surface area contributed by atoms with Gasteiger partial charge in [-0.1, -0.05) is 0 Å². The van der Waals surface area contributed by atoms with Gasteiger partial charge in [0.15, 0.2) is 17.5 Å². The molecule has 7 nitrogen and oxygen atoms in total. The molecule has 1 fully saturated rings. The summed E-state index contributed by atoms with van der Waals surface area (Å²) < 4.78 is 22.2. The van der Waals surface area contributed by atoms with E-state index < -0.39 is 0 Å². The van der Waals surface area contributed by atoms with Gasteiger partial charge in [-0.25, -0.2) is 0 Å². The molecule has 1 saturated heterocycles. The van der Waals surface area contributed by atoms with Crippen LogP contribution in [-0.4, -0.2) is 58.7 Å². The maximum atomic E-state index is 5.68. The Morgan fingerprint density at radius 2 is 2.14 bits per heavy atom. The standard InChI is InChI=1S/C20H33N3O4.HI/c1-4-21-20(22-11-7-12-25-15-17-8-6-13-27-17)23-16-9-10-18(26-5-2)19(14-16)24-3;/h9-10,14,17H,4-8,11-13,15H2,1-3H3,(H2,21,22,23);1H. The van der Waals surface area contributed by atoms with Gasteiger partial charge in [-0.15, -0.1) is 24.0 Å². The number of rotatable bonds is 11. The molecule has 0 spiro atoms. The molecule has 2 rings (SSSR count). The van der Waals surface area contributed by atoms with Gasteiger partial charge in [-0.05, 0) is 45.2 Å². The Morgan fingerprint density at radius 1 is 1.29 bits per heavy atom. The highest BCUT2D eigenvalue weighted by molar-refractivity contribution is 14.0. The molecule has 0 bridgehead atoms. The average Bonchev–Trinajstić information content (AvgIpc) is 3.19. The molecular weight excluding hydrogens is 473 g/mol. The minimum Gasteiger partial charge on any atom is -0.493 e. The van der Waals surface area contributed by atoms with Crippen molar-refractivity contribution < 1.29 is 18.9 Å². The summed E-state index contributed by atoms with van der Waals surface area (Å²) in [5, 5.41) is 6.55. The second-order valence-electron chi connectivity index (χ2n) is 6.25. The third-order valence-electron chi connectivity index (χ3n) is 4.11. The first-order valence-electron chi connectivity index (χ1n) is 9.82. The van der Waals surface area contributed by atoms with Crippen molar-refractivity contribution in [2.45, 2.75) is 39.2 Å². The Labute approximate surface area is 185 Å². The number of nitrogens with one attached hydrogen (secondary N) is 2. The van der Waals surface area contributed by atoms with Crippen LogP contribution in [0.15, 0.2) is 23.2 Å². The van der Waals surface area contributed by atoms with Crippen molar-refractivity contribution in [2.24, 2.45) is 4.99 Å². The fraction of sp³-hybridized carbons (Fsp3) is 0.650. The lowest BCUT2D eigenvalue weighted by Gasteiger charge is -2.14. The van der Waals surface area contributed by atoms with Crippen LogP contribution in [0.4, 0.5) is 5.69 Å². The topological polar surface area (TPSA) is 73.3 Å². The Hall–Kier alpha value is -1.26. The van der Waals surface area contributed by atoms with Gasteiger partial charge >= 0.3 is 0 Å². The quantitative estimate of drug-likeness (QED) is 0.206. The molecule has 28 heavy (non-hydrogen) atoms. The summed E-state index contributed by atoms with van der Waals surface area (Å²) in [5.74, 6) is 2.17. The number of aliphatic imine (C=N–C) groups is 1. The lowest BCUT2D eigenvalue weighted by Crippen LogP contribution is -2.30. The smallest absolute Gasteiger partial charge is 0.195 e. The first-order valence-corrected chi connectivity index (χ1v) is 9.82. The van der Waals surface area contributed by atoms with Crippen molar-refractivity contribution in [3.05, 3.63) is 18.2 Å². The molecule has 0 aromatic heterocycles. The largest absolute Gasteiger partial charge is 0.493 e. The first-order chi connectivity index (χ1) is 13.3. The first kappa shape index (κ1) is 24.8. The van der Waals surface area contributed by atoms with E-state index in [4.69, 9.17) is 18.9 Å². The molecule has 1 unspecified atom stereocenters. The van der Waals surface area contributed by atoms with E-state index >= 15 is 0 Å². The number of hydrogen-bond donors (Lipinski definition) is 2. The third kappa shape index (κ3) is 8.83. The van der Waals surface area contributed by atoms with Crippen molar-refractivity contribution >= 4 is 35.6 Å². The zero-order valence-electron chi connectivity index (χ0n) is 17.2. The number of benzene rings is 1. The van der Waals surface area contributed by atoms with E-state index in [1.807, 2.05) is 32.0 Å². The Bertz CT molecular complexity index is 581. The summed E-state index contributed by atoms with van der Waals surface area (Å²) in [5.41, 5.74) is 0.893.